The fourth-order valence-corrected chi connectivity index (χ4v) is 2.07. The molecule has 0 saturated carbocycles. The zero-order valence-electron chi connectivity index (χ0n) is 13.9. The first-order valence-corrected chi connectivity index (χ1v) is 8.78. The minimum atomic E-state index is -4.48. The van der Waals surface area contributed by atoms with Gasteiger partial charge < -0.3 is 16.0 Å². The number of carbonyl (C=O) groups excluding carboxylic acids is 1. The maximum Gasteiger partial charge on any atom is 1.00 e. The Labute approximate surface area is 156 Å². The van der Waals surface area contributed by atoms with Gasteiger partial charge in [-0.2, -0.15) is 0 Å². The normalized spacial score (nSPS) is 10.3. The van der Waals surface area contributed by atoms with Crippen LogP contribution in [0.4, 0.5) is 4.79 Å². The fourth-order valence-electron chi connectivity index (χ4n) is 1.75. The minimum absolute atomic E-state index is 0. The third-order valence-corrected chi connectivity index (χ3v) is 3.18. The maximum atomic E-state index is 10.1. The molecule has 0 rings (SSSR count). The summed E-state index contributed by atoms with van der Waals surface area (Å²) in [6.45, 7) is 2.24. The molecule has 0 saturated heterocycles. The standard InChI is InChI=1S/C12H26O4S.CH4N2O.Na/c1-2-3-4-5-6-7-8-9-10-11-12-16-17(13,14)15;2-1(3)4;/h2-12H2,1H3,(H,13,14,15);(H4,2,3,4);/q;;+1/p-1. The van der Waals surface area contributed by atoms with E-state index in [1.165, 1.54) is 44.9 Å². The average Bonchev–Trinajstić information content (AvgIpc) is 2.34. The number of unbranched alkanes of at least 4 members (excludes halogenated alkanes) is 9. The molecule has 0 heterocycles. The number of urea groups is 1. The van der Waals surface area contributed by atoms with Gasteiger partial charge in [-0.05, 0) is 6.42 Å². The monoisotopic (exact) mass is 348 g/mol. The Hall–Kier alpha value is 0.140. The van der Waals surface area contributed by atoms with Crippen LogP contribution in [0.15, 0.2) is 0 Å². The van der Waals surface area contributed by atoms with E-state index < -0.39 is 16.4 Å². The molecular weight excluding hydrogens is 319 g/mol. The minimum Gasteiger partial charge on any atom is -0.726 e. The van der Waals surface area contributed by atoms with Gasteiger partial charge in [0.1, 0.15) is 0 Å². The molecule has 0 aromatic heterocycles. The van der Waals surface area contributed by atoms with Crippen LogP contribution in [-0.2, 0) is 14.6 Å². The summed E-state index contributed by atoms with van der Waals surface area (Å²) < 4.78 is 34.5. The van der Waals surface area contributed by atoms with E-state index in [4.69, 9.17) is 4.79 Å². The molecule has 4 N–H and O–H groups in total. The van der Waals surface area contributed by atoms with E-state index in [9.17, 15) is 13.0 Å². The van der Waals surface area contributed by atoms with Crippen molar-refractivity contribution in [1.82, 2.24) is 0 Å². The molecule has 0 fully saturated rings. The van der Waals surface area contributed by atoms with Gasteiger partial charge in [0.25, 0.3) is 0 Å². The van der Waals surface area contributed by atoms with Crippen molar-refractivity contribution in [2.75, 3.05) is 6.61 Å². The first-order valence-electron chi connectivity index (χ1n) is 7.44. The predicted molar refractivity (Wildman–Crippen MR) is 81.3 cm³/mol. The van der Waals surface area contributed by atoms with Gasteiger partial charge in [0, 0.05) is 0 Å². The first kappa shape index (κ1) is 27.0. The average molecular weight is 348 g/mol. The molecule has 128 valence electrons. The number of rotatable bonds is 12. The third-order valence-electron chi connectivity index (χ3n) is 2.73. The largest absolute Gasteiger partial charge is 1.00 e. The van der Waals surface area contributed by atoms with Gasteiger partial charge in [0.15, 0.2) is 0 Å². The molecule has 0 spiro atoms. The molecule has 0 radical (unpaired) electrons. The quantitative estimate of drug-likeness (QED) is 0.210. The topological polar surface area (TPSA) is 136 Å². The van der Waals surface area contributed by atoms with Crippen LogP contribution in [0.3, 0.4) is 0 Å². The van der Waals surface area contributed by atoms with Crippen LogP contribution in [0.25, 0.3) is 0 Å². The molecule has 0 aliphatic carbocycles. The van der Waals surface area contributed by atoms with Crippen LogP contribution in [0, 0.1) is 0 Å². The molecule has 9 heteroatoms. The van der Waals surface area contributed by atoms with Crippen molar-refractivity contribution in [3.05, 3.63) is 0 Å². The van der Waals surface area contributed by atoms with Gasteiger partial charge >= 0.3 is 35.6 Å². The summed E-state index contributed by atoms with van der Waals surface area (Å²) in [6.07, 6.45) is 11.7. The number of hydrogen-bond donors (Lipinski definition) is 2. The first-order chi connectivity index (χ1) is 9.79. The Balaban J connectivity index is -0.000000640. The number of primary amides is 2. The maximum absolute atomic E-state index is 10.1. The Bertz CT molecular complexity index is 335. The summed E-state index contributed by atoms with van der Waals surface area (Å²) >= 11 is 0. The molecule has 0 aliphatic rings. The second-order valence-electron chi connectivity index (χ2n) is 4.81. The molecule has 22 heavy (non-hydrogen) atoms. The zero-order chi connectivity index (χ0) is 16.6. The van der Waals surface area contributed by atoms with E-state index in [1.54, 1.807) is 0 Å². The van der Waals surface area contributed by atoms with Gasteiger partial charge in [0.05, 0.1) is 6.61 Å². The van der Waals surface area contributed by atoms with Crippen LogP contribution in [0.2, 0.25) is 0 Å². The summed E-state index contributed by atoms with van der Waals surface area (Å²) in [4.78, 5) is 9.00. The van der Waals surface area contributed by atoms with E-state index in [-0.39, 0.29) is 36.2 Å². The van der Waals surface area contributed by atoms with Crippen LogP contribution in [-0.4, -0.2) is 25.6 Å². The van der Waals surface area contributed by atoms with E-state index in [0.29, 0.717) is 6.42 Å². The summed E-state index contributed by atoms with van der Waals surface area (Å²) in [6, 6.07) is -0.833. The fraction of sp³-hybridized carbons (Fsp3) is 0.923. The molecule has 0 aromatic carbocycles. The van der Waals surface area contributed by atoms with Crippen molar-refractivity contribution >= 4 is 16.4 Å². The van der Waals surface area contributed by atoms with E-state index >= 15 is 0 Å². The number of hydrogen-bond acceptors (Lipinski definition) is 5. The molecule has 0 bridgehead atoms. The molecule has 2 amide bonds. The molecule has 7 nitrogen and oxygen atoms in total. The van der Waals surface area contributed by atoms with Crippen molar-refractivity contribution in [2.24, 2.45) is 11.5 Å². The number of nitrogens with two attached hydrogens (primary N) is 2. The summed E-state index contributed by atoms with van der Waals surface area (Å²) in [5, 5.41) is 0. The number of amides is 2. The van der Waals surface area contributed by atoms with Crippen LogP contribution >= 0.6 is 0 Å². The molecule has 0 unspecified atom stereocenters. The van der Waals surface area contributed by atoms with Gasteiger partial charge in [-0.15, -0.1) is 0 Å². The van der Waals surface area contributed by atoms with Crippen molar-refractivity contribution in [1.29, 1.82) is 0 Å². The summed E-state index contributed by atoms with van der Waals surface area (Å²) in [5.74, 6) is 0. The zero-order valence-corrected chi connectivity index (χ0v) is 16.7. The van der Waals surface area contributed by atoms with Crippen molar-refractivity contribution in [2.45, 2.75) is 71.1 Å². The number of carbonyl (C=O) groups is 1. The second-order valence-corrected chi connectivity index (χ2v) is 5.87. The van der Waals surface area contributed by atoms with Crippen molar-refractivity contribution in [3.8, 4) is 0 Å². The van der Waals surface area contributed by atoms with E-state index in [1.807, 2.05) is 0 Å². The van der Waals surface area contributed by atoms with Crippen molar-refractivity contribution < 1.29 is 51.5 Å². The molecule has 0 aliphatic heterocycles. The Morgan fingerprint density at radius 2 is 1.23 bits per heavy atom. The van der Waals surface area contributed by atoms with Crippen LogP contribution < -0.4 is 41.0 Å². The smallest absolute Gasteiger partial charge is 0.726 e. The summed E-state index contributed by atoms with van der Waals surface area (Å²) in [7, 11) is -4.48. The van der Waals surface area contributed by atoms with E-state index in [2.05, 4.69) is 22.6 Å². The summed E-state index contributed by atoms with van der Waals surface area (Å²) in [5.41, 5.74) is 8.50. The Kier molecular flexibility index (Phi) is 23.6. The van der Waals surface area contributed by atoms with Crippen LogP contribution in [0.5, 0.6) is 0 Å². The molecule has 0 atom stereocenters. The van der Waals surface area contributed by atoms with Gasteiger partial charge in [0.2, 0.25) is 10.4 Å². The van der Waals surface area contributed by atoms with Crippen molar-refractivity contribution in [3.63, 3.8) is 0 Å². The van der Waals surface area contributed by atoms with Gasteiger partial charge in [-0.3, -0.25) is 4.18 Å². The van der Waals surface area contributed by atoms with E-state index in [0.717, 1.165) is 12.8 Å². The van der Waals surface area contributed by atoms with Gasteiger partial charge in [-0.1, -0.05) is 64.7 Å². The second kappa shape index (κ2) is 19.2. The van der Waals surface area contributed by atoms with Gasteiger partial charge in [-0.25, -0.2) is 13.2 Å². The van der Waals surface area contributed by atoms with Crippen LogP contribution in [0.1, 0.15) is 71.1 Å². The third kappa shape index (κ3) is 36.9. The Morgan fingerprint density at radius 1 is 0.909 bits per heavy atom. The Morgan fingerprint density at radius 3 is 1.55 bits per heavy atom. The predicted octanol–water partition coefficient (Wildman–Crippen LogP) is -0.588. The molecular formula is C13H29N2NaO5S. The SMILES string of the molecule is CCCCCCCCCCCCOS(=O)(=O)[O-].NC(N)=O.[Na+]. The molecule has 0 aromatic rings.